The van der Waals surface area contributed by atoms with E-state index < -0.39 is 0 Å². The van der Waals surface area contributed by atoms with Crippen molar-refractivity contribution in [2.75, 3.05) is 31.1 Å². The molecular formula is C25H27FN4O. The molecular weight excluding hydrogens is 391 g/mol. The van der Waals surface area contributed by atoms with Crippen LogP contribution < -0.4 is 4.90 Å². The lowest BCUT2D eigenvalue weighted by atomic mass is 9.95. The lowest BCUT2D eigenvalue weighted by molar-refractivity contribution is -0.133. The summed E-state index contributed by atoms with van der Waals surface area (Å²) in [7, 11) is 0. The Morgan fingerprint density at radius 3 is 2.42 bits per heavy atom. The Kier molecular flexibility index (Phi) is 6.26. The van der Waals surface area contributed by atoms with Gasteiger partial charge >= 0.3 is 0 Å². The maximum absolute atomic E-state index is 13.6. The number of nitrogens with zero attached hydrogens (tertiary/aromatic N) is 4. The average molecular weight is 419 g/mol. The predicted molar refractivity (Wildman–Crippen MR) is 120 cm³/mol. The number of aromatic nitrogens is 2. The minimum atomic E-state index is -0.305. The van der Waals surface area contributed by atoms with Crippen LogP contribution in [0.25, 0.3) is 11.4 Å². The van der Waals surface area contributed by atoms with Gasteiger partial charge in [0.1, 0.15) is 11.6 Å². The minimum absolute atomic E-state index is 0.103. The molecule has 1 aliphatic rings. The molecule has 0 saturated carbocycles. The van der Waals surface area contributed by atoms with E-state index in [0.717, 1.165) is 23.5 Å². The van der Waals surface area contributed by atoms with Crippen molar-refractivity contribution in [3.63, 3.8) is 0 Å². The fourth-order valence-electron chi connectivity index (χ4n) is 4.09. The fraction of sp³-hybridized carbons (Fsp3) is 0.320. The Balaban J connectivity index is 1.47. The maximum atomic E-state index is 13.6. The van der Waals surface area contributed by atoms with Gasteiger partial charge < -0.3 is 9.80 Å². The smallest absolute Gasteiger partial charge is 0.230 e. The van der Waals surface area contributed by atoms with Crippen LogP contribution in [-0.4, -0.2) is 47.0 Å². The Morgan fingerprint density at radius 1 is 1.00 bits per heavy atom. The highest BCUT2D eigenvalue weighted by Crippen LogP contribution is 2.25. The van der Waals surface area contributed by atoms with Crippen molar-refractivity contribution in [3.05, 3.63) is 77.7 Å². The summed E-state index contributed by atoms with van der Waals surface area (Å²) < 4.78 is 13.6. The molecule has 0 spiro atoms. The van der Waals surface area contributed by atoms with Crippen LogP contribution in [-0.2, 0) is 4.79 Å². The highest BCUT2D eigenvalue weighted by atomic mass is 19.1. The Bertz CT molecular complexity index is 1050. The molecule has 2 aromatic carbocycles. The normalized spacial score (nSPS) is 15.1. The lowest BCUT2D eigenvalue weighted by Crippen LogP contribution is -2.50. The van der Waals surface area contributed by atoms with Gasteiger partial charge in [0.25, 0.3) is 0 Å². The van der Waals surface area contributed by atoms with E-state index in [-0.39, 0.29) is 17.6 Å². The number of aryl methyl sites for hydroxylation is 1. The van der Waals surface area contributed by atoms with E-state index in [0.29, 0.717) is 37.6 Å². The van der Waals surface area contributed by atoms with Crippen molar-refractivity contribution in [1.29, 1.82) is 0 Å². The van der Waals surface area contributed by atoms with Crippen LogP contribution in [0.1, 0.15) is 30.5 Å². The summed E-state index contributed by atoms with van der Waals surface area (Å²) in [6.07, 6.45) is 0.783. The number of anilines is 1. The van der Waals surface area contributed by atoms with Gasteiger partial charge in [0, 0.05) is 43.5 Å². The van der Waals surface area contributed by atoms with Crippen LogP contribution in [0.15, 0.2) is 60.7 Å². The molecule has 1 atom stereocenters. The highest BCUT2D eigenvalue weighted by Gasteiger charge is 2.28. The Morgan fingerprint density at radius 2 is 1.74 bits per heavy atom. The first kappa shape index (κ1) is 21.0. The van der Waals surface area contributed by atoms with Gasteiger partial charge in [-0.25, -0.2) is 14.4 Å². The number of carbonyl (C=O) groups excluding carboxylic acids is 1. The standard InChI is InChI=1S/C25H27FN4O/c1-3-22(19-8-5-4-6-9-19)25(31)30-14-12-29(13-15-30)23-16-18(2)27-24(28-23)20-10-7-11-21(26)17-20/h4-11,16-17,22H,3,12-15H2,1-2H3. The van der Waals surface area contributed by atoms with Crippen LogP contribution in [0.3, 0.4) is 0 Å². The first-order valence-electron chi connectivity index (χ1n) is 10.8. The van der Waals surface area contributed by atoms with Gasteiger partial charge in [0.15, 0.2) is 5.82 Å². The summed E-state index contributed by atoms with van der Waals surface area (Å²) in [5, 5.41) is 0. The zero-order valence-corrected chi connectivity index (χ0v) is 18.0. The predicted octanol–water partition coefficient (Wildman–Crippen LogP) is 4.43. The van der Waals surface area contributed by atoms with Crippen LogP contribution in [0.4, 0.5) is 10.2 Å². The van der Waals surface area contributed by atoms with Crippen LogP contribution in [0.2, 0.25) is 0 Å². The molecule has 31 heavy (non-hydrogen) atoms. The molecule has 6 heteroatoms. The van der Waals surface area contributed by atoms with Gasteiger partial charge in [-0.05, 0) is 31.0 Å². The van der Waals surface area contributed by atoms with Crippen molar-refractivity contribution in [2.45, 2.75) is 26.2 Å². The Hall–Kier alpha value is -3.28. The molecule has 1 aromatic heterocycles. The van der Waals surface area contributed by atoms with E-state index in [1.54, 1.807) is 6.07 Å². The molecule has 0 radical (unpaired) electrons. The number of hydrogen-bond acceptors (Lipinski definition) is 4. The molecule has 0 aliphatic carbocycles. The third-order valence-electron chi connectivity index (χ3n) is 5.75. The topological polar surface area (TPSA) is 49.3 Å². The zero-order chi connectivity index (χ0) is 21.8. The van der Waals surface area contributed by atoms with E-state index >= 15 is 0 Å². The molecule has 1 aliphatic heterocycles. The number of halogens is 1. The second-order valence-corrected chi connectivity index (χ2v) is 7.89. The molecule has 2 heterocycles. The van der Waals surface area contributed by atoms with E-state index in [2.05, 4.69) is 21.8 Å². The minimum Gasteiger partial charge on any atom is -0.353 e. The molecule has 1 saturated heterocycles. The summed E-state index contributed by atoms with van der Waals surface area (Å²) in [5.41, 5.74) is 2.56. The maximum Gasteiger partial charge on any atom is 0.230 e. The highest BCUT2D eigenvalue weighted by molar-refractivity contribution is 5.84. The SMILES string of the molecule is CCC(C(=O)N1CCN(c2cc(C)nc(-c3cccc(F)c3)n2)CC1)c1ccccc1. The van der Waals surface area contributed by atoms with Crippen LogP contribution in [0, 0.1) is 12.7 Å². The monoisotopic (exact) mass is 418 g/mol. The molecule has 160 valence electrons. The third-order valence-corrected chi connectivity index (χ3v) is 5.75. The number of piperazine rings is 1. The van der Waals surface area contributed by atoms with Crippen molar-refractivity contribution in [2.24, 2.45) is 0 Å². The van der Waals surface area contributed by atoms with E-state index in [9.17, 15) is 9.18 Å². The summed E-state index contributed by atoms with van der Waals surface area (Å²) in [5.74, 6) is 1.11. The molecule has 1 unspecified atom stereocenters. The van der Waals surface area contributed by atoms with Gasteiger partial charge in [-0.1, -0.05) is 49.4 Å². The number of rotatable bonds is 5. The van der Waals surface area contributed by atoms with Gasteiger partial charge in [-0.3, -0.25) is 4.79 Å². The summed E-state index contributed by atoms with van der Waals surface area (Å²) in [6.45, 7) is 6.69. The second-order valence-electron chi connectivity index (χ2n) is 7.89. The molecule has 1 fully saturated rings. The number of amides is 1. The van der Waals surface area contributed by atoms with Crippen molar-refractivity contribution in [1.82, 2.24) is 14.9 Å². The molecule has 0 bridgehead atoms. The third kappa shape index (κ3) is 4.74. The molecule has 0 N–H and O–H groups in total. The molecule has 5 nitrogen and oxygen atoms in total. The van der Waals surface area contributed by atoms with Gasteiger partial charge in [-0.2, -0.15) is 0 Å². The zero-order valence-electron chi connectivity index (χ0n) is 18.0. The van der Waals surface area contributed by atoms with Gasteiger partial charge in [-0.15, -0.1) is 0 Å². The summed E-state index contributed by atoms with van der Waals surface area (Å²) in [6, 6.07) is 18.3. The van der Waals surface area contributed by atoms with Gasteiger partial charge in [0.2, 0.25) is 5.91 Å². The quantitative estimate of drug-likeness (QED) is 0.615. The van der Waals surface area contributed by atoms with Crippen molar-refractivity contribution in [3.8, 4) is 11.4 Å². The van der Waals surface area contributed by atoms with Crippen LogP contribution >= 0.6 is 0 Å². The van der Waals surface area contributed by atoms with Crippen molar-refractivity contribution >= 4 is 11.7 Å². The number of carbonyl (C=O) groups is 1. The van der Waals surface area contributed by atoms with Crippen LogP contribution in [0.5, 0.6) is 0 Å². The largest absolute Gasteiger partial charge is 0.353 e. The van der Waals surface area contributed by atoms with E-state index in [4.69, 9.17) is 0 Å². The van der Waals surface area contributed by atoms with Gasteiger partial charge in [0.05, 0.1) is 5.92 Å². The second kappa shape index (κ2) is 9.25. The van der Waals surface area contributed by atoms with Crippen molar-refractivity contribution < 1.29 is 9.18 Å². The molecule has 4 rings (SSSR count). The lowest BCUT2D eigenvalue weighted by Gasteiger charge is -2.37. The molecule has 3 aromatic rings. The van der Waals surface area contributed by atoms with E-state index in [1.165, 1.54) is 12.1 Å². The number of benzene rings is 2. The first-order valence-corrected chi connectivity index (χ1v) is 10.8. The molecule has 1 amide bonds. The summed E-state index contributed by atoms with van der Waals surface area (Å²) >= 11 is 0. The fourth-order valence-corrected chi connectivity index (χ4v) is 4.09. The Labute approximate surface area is 182 Å². The van der Waals surface area contributed by atoms with E-state index in [1.807, 2.05) is 54.3 Å². The summed E-state index contributed by atoms with van der Waals surface area (Å²) in [4.78, 5) is 26.4. The average Bonchev–Trinajstić information content (AvgIpc) is 2.80. The number of hydrogen-bond donors (Lipinski definition) is 0. The first-order chi connectivity index (χ1) is 15.0.